The molecule has 1 unspecified atom stereocenters. The highest BCUT2D eigenvalue weighted by Gasteiger charge is 2.20. The zero-order chi connectivity index (χ0) is 24.4. The molecule has 0 fully saturated rings. The Hall–Kier alpha value is -4.36. The highest BCUT2D eigenvalue weighted by Crippen LogP contribution is 2.38. The SMILES string of the molecule is COc1ccc(-c2nc(C(=O)NCC(O)c3ccccc3)cc3c2[nH]c2ccccc23)c(OC)c1. The van der Waals surface area contributed by atoms with Crippen molar-refractivity contribution in [1.29, 1.82) is 0 Å². The number of pyridine rings is 1. The highest BCUT2D eigenvalue weighted by atomic mass is 16.5. The molecule has 176 valence electrons. The van der Waals surface area contributed by atoms with Crippen molar-refractivity contribution in [3.63, 3.8) is 0 Å². The second-order valence-electron chi connectivity index (χ2n) is 8.15. The molecule has 0 aliphatic heterocycles. The van der Waals surface area contributed by atoms with Crippen molar-refractivity contribution >= 4 is 27.7 Å². The number of hydrogen-bond acceptors (Lipinski definition) is 5. The van der Waals surface area contributed by atoms with Gasteiger partial charge in [0.2, 0.25) is 0 Å². The number of aliphatic hydroxyl groups is 1. The van der Waals surface area contributed by atoms with Crippen LogP contribution in [0.1, 0.15) is 22.2 Å². The third kappa shape index (κ3) is 4.29. The summed E-state index contributed by atoms with van der Waals surface area (Å²) in [4.78, 5) is 21.4. The minimum absolute atomic E-state index is 0.0671. The molecule has 0 aliphatic carbocycles. The predicted octanol–water partition coefficient (Wildman–Crippen LogP) is 4.86. The summed E-state index contributed by atoms with van der Waals surface area (Å²) in [6.45, 7) is 0.0671. The van der Waals surface area contributed by atoms with Crippen LogP contribution in [0.2, 0.25) is 0 Å². The maximum absolute atomic E-state index is 13.2. The lowest BCUT2D eigenvalue weighted by Crippen LogP contribution is -2.29. The van der Waals surface area contributed by atoms with Gasteiger partial charge in [0, 0.05) is 34.5 Å². The van der Waals surface area contributed by atoms with Crippen LogP contribution in [-0.4, -0.2) is 41.7 Å². The monoisotopic (exact) mass is 467 g/mol. The first kappa shape index (κ1) is 22.4. The molecular formula is C28H25N3O4. The average Bonchev–Trinajstić information content (AvgIpc) is 3.29. The summed E-state index contributed by atoms with van der Waals surface area (Å²) in [5, 5.41) is 15.1. The number of aliphatic hydroxyl groups excluding tert-OH is 1. The second kappa shape index (κ2) is 9.48. The van der Waals surface area contributed by atoms with E-state index >= 15 is 0 Å². The quantitative estimate of drug-likeness (QED) is 0.318. The first-order valence-electron chi connectivity index (χ1n) is 11.2. The van der Waals surface area contributed by atoms with Crippen molar-refractivity contribution in [2.45, 2.75) is 6.10 Å². The van der Waals surface area contributed by atoms with E-state index in [1.165, 1.54) is 0 Å². The molecule has 5 aromatic rings. The summed E-state index contributed by atoms with van der Waals surface area (Å²) in [6, 6.07) is 24.4. The van der Waals surface area contributed by atoms with Gasteiger partial charge in [-0.15, -0.1) is 0 Å². The van der Waals surface area contributed by atoms with Crippen LogP contribution in [0.15, 0.2) is 78.9 Å². The number of nitrogens with zero attached hydrogens (tertiary/aromatic N) is 1. The molecule has 0 spiro atoms. The van der Waals surface area contributed by atoms with Gasteiger partial charge >= 0.3 is 0 Å². The summed E-state index contributed by atoms with van der Waals surface area (Å²) in [5.41, 5.74) is 4.04. The number of carbonyl (C=O) groups is 1. The Morgan fingerprint density at radius 1 is 0.971 bits per heavy atom. The molecule has 0 bridgehead atoms. The molecule has 35 heavy (non-hydrogen) atoms. The normalized spacial score (nSPS) is 12.0. The molecule has 0 saturated carbocycles. The Morgan fingerprint density at radius 3 is 2.51 bits per heavy atom. The largest absolute Gasteiger partial charge is 0.497 e. The fraction of sp³-hybridized carbons (Fsp3) is 0.143. The summed E-state index contributed by atoms with van der Waals surface area (Å²) >= 11 is 0. The summed E-state index contributed by atoms with van der Waals surface area (Å²) in [7, 11) is 3.18. The molecule has 0 radical (unpaired) electrons. The number of aromatic nitrogens is 2. The average molecular weight is 468 g/mol. The number of H-pyrrole nitrogens is 1. The van der Waals surface area contributed by atoms with Crippen LogP contribution < -0.4 is 14.8 Å². The number of para-hydroxylation sites is 1. The number of fused-ring (bicyclic) bond motifs is 3. The zero-order valence-corrected chi connectivity index (χ0v) is 19.4. The number of methoxy groups -OCH3 is 2. The maximum atomic E-state index is 13.2. The minimum atomic E-state index is -0.821. The maximum Gasteiger partial charge on any atom is 0.270 e. The first-order valence-corrected chi connectivity index (χ1v) is 11.2. The van der Waals surface area contributed by atoms with Crippen molar-refractivity contribution in [1.82, 2.24) is 15.3 Å². The Morgan fingerprint density at radius 2 is 1.74 bits per heavy atom. The lowest BCUT2D eigenvalue weighted by atomic mass is 10.0. The molecule has 0 aliphatic rings. The molecule has 7 nitrogen and oxygen atoms in total. The molecule has 2 aromatic heterocycles. The van der Waals surface area contributed by atoms with Crippen molar-refractivity contribution in [2.24, 2.45) is 0 Å². The fourth-order valence-corrected chi connectivity index (χ4v) is 4.22. The van der Waals surface area contributed by atoms with Gasteiger partial charge in [-0.3, -0.25) is 4.79 Å². The van der Waals surface area contributed by atoms with Crippen LogP contribution >= 0.6 is 0 Å². The lowest BCUT2D eigenvalue weighted by molar-refractivity contribution is 0.0911. The smallest absolute Gasteiger partial charge is 0.270 e. The number of rotatable bonds is 7. The van der Waals surface area contributed by atoms with Crippen molar-refractivity contribution in [3.8, 4) is 22.8 Å². The molecule has 5 rings (SSSR count). The van der Waals surface area contributed by atoms with E-state index in [2.05, 4.69) is 10.3 Å². The van der Waals surface area contributed by atoms with Gasteiger partial charge in [0.05, 0.1) is 31.5 Å². The van der Waals surface area contributed by atoms with E-state index in [0.29, 0.717) is 17.2 Å². The molecule has 2 heterocycles. The summed E-state index contributed by atoms with van der Waals surface area (Å²) < 4.78 is 11.0. The third-order valence-electron chi connectivity index (χ3n) is 6.03. The molecule has 0 saturated heterocycles. The van der Waals surface area contributed by atoms with Crippen molar-refractivity contribution < 1.29 is 19.4 Å². The number of nitrogens with one attached hydrogen (secondary N) is 2. The molecular weight excluding hydrogens is 442 g/mol. The van der Waals surface area contributed by atoms with Gasteiger partial charge in [-0.1, -0.05) is 48.5 Å². The van der Waals surface area contributed by atoms with Gasteiger partial charge in [-0.25, -0.2) is 4.98 Å². The van der Waals surface area contributed by atoms with Crippen LogP contribution in [0.25, 0.3) is 33.1 Å². The molecule has 7 heteroatoms. The van der Waals surface area contributed by atoms with Gasteiger partial charge in [0.25, 0.3) is 5.91 Å². The van der Waals surface area contributed by atoms with Crippen LogP contribution in [0.5, 0.6) is 11.5 Å². The van der Waals surface area contributed by atoms with Gasteiger partial charge in [0.15, 0.2) is 0 Å². The molecule has 1 amide bonds. The lowest BCUT2D eigenvalue weighted by Gasteiger charge is -2.14. The Bertz CT molecular complexity index is 1510. The number of amides is 1. The Labute approximate surface area is 202 Å². The van der Waals surface area contributed by atoms with E-state index in [1.54, 1.807) is 26.4 Å². The third-order valence-corrected chi connectivity index (χ3v) is 6.03. The van der Waals surface area contributed by atoms with Crippen LogP contribution in [-0.2, 0) is 0 Å². The van der Waals surface area contributed by atoms with Gasteiger partial charge in [-0.05, 0) is 29.8 Å². The molecule has 3 N–H and O–H groups in total. The van der Waals surface area contributed by atoms with E-state index in [4.69, 9.17) is 14.5 Å². The van der Waals surface area contributed by atoms with E-state index in [0.717, 1.165) is 32.9 Å². The minimum Gasteiger partial charge on any atom is -0.497 e. The Balaban J connectivity index is 1.59. The van der Waals surface area contributed by atoms with E-state index in [-0.39, 0.29) is 18.1 Å². The Kier molecular flexibility index (Phi) is 6.08. The fourth-order valence-electron chi connectivity index (χ4n) is 4.22. The predicted molar refractivity (Wildman–Crippen MR) is 136 cm³/mol. The summed E-state index contributed by atoms with van der Waals surface area (Å²) in [6.07, 6.45) is -0.821. The first-order chi connectivity index (χ1) is 17.1. The van der Waals surface area contributed by atoms with Gasteiger partial charge in [-0.2, -0.15) is 0 Å². The zero-order valence-electron chi connectivity index (χ0n) is 19.4. The number of aromatic amines is 1. The topological polar surface area (TPSA) is 96.5 Å². The second-order valence-corrected chi connectivity index (χ2v) is 8.15. The van der Waals surface area contributed by atoms with E-state index < -0.39 is 6.10 Å². The number of ether oxygens (including phenoxy) is 2. The summed E-state index contributed by atoms with van der Waals surface area (Å²) in [5.74, 6) is 0.858. The van der Waals surface area contributed by atoms with Crippen LogP contribution in [0.4, 0.5) is 0 Å². The van der Waals surface area contributed by atoms with E-state index in [1.807, 2.05) is 66.7 Å². The molecule has 3 aromatic carbocycles. The van der Waals surface area contributed by atoms with Crippen molar-refractivity contribution in [3.05, 3.63) is 90.1 Å². The number of carbonyl (C=O) groups excluding carboxylic acids is 1. The highest BCUT2D eigenvalue weighted by molar-refractivity contribution is 6.13. The van der Waals surface area contributed by atoms with Gasteiger partial charge < -0.3 is 24.9 Å². The standard InChI is InChI=1S/C28H25N3O4/c1-34-18-12-13-20(25(14-18)35-2)26-27-21(19-10-6-7-11-22(19)30-27)15-23(31-26)28(33)29-16-24(32)17-8-4-3-5-9-17/h3-15,24,30,32H,16H2,1-2H3,(H,29,33). The van der Waals surface area contributed by atoms with E-state index in [9.17, 15) is 9.90 Å². The molecule has 1 atom stereocenters. The van der Waals surface area contributed by atoms with Crippen molar-refractivity contribution in [2.75, 3.05) is 20.8 Å². The van der Waals surface area contributed by atoms with Gasteiger partial charge in [0.1, 0.15) is 17.2 Å². The van der Waals surface area contributed by atoms with Crippen LogP contribution in [0.3, 0.4) is 0 Å². The van der Waals surface area contributed by atoms with Crippen LogP contribution in [0, 0.1) is 0 Å². The number of hydrogen-bond donors (Lipinski definition) is 3. The number of benzene rings is 3.